The van der Waals surface area contributed by atoms with Crippen molar-refractivity contribution in [2.24, 2.45) is 11.1 Å². The number of nitrogens with two attached hydrogens (primary N) is 1. The minimum absolute atomic E-state index is 0.116. The summed E-state index contributed by atoms with van der Waals surface area (Å²) in [6.45, 7) is 3.92. The number of thioether (sulfide) groups is 1. The van der Waals surface area contributed by atoms with Crippen molar-refractivity contribution in [3.8, 4) is 0 Å². The van der Waals surface area contributed by atoms with E-state index in [1.165, 1.54) is 4.90 Å². The quantitative estimate of drug-likeness (QED) is 0.764. The fourth-order valence-electron chi connectivity index (χ4n) is 1.92. The Labute approximate surface area is 124 Å². The van der Waals surface area contributed by atoms with Crippen LogP contribution in [0.25, 0.3) is 0 Å². The second-order valence-corrected chi connectivity index (χ2v) is 8.70. The van der Waals surface area contributed by atoms with E-state index in [9.17, 15) is 13.2 Å². The van der Waals surface area contributed by atoms with Crippen molar-refractivity contribution in [3.63, 3.8) is 0 Å². The standard InChI is InChI=1S/C11H20N2O3S3/c1-4-11(2,9(12)17)10(14)13-5-6-18-7-8(13)19(3,15)16/h8H,4-7H2,1-3H3,(H2,12,17). The summed E-state index contributed by atoms with van der Waals surface area (Å²) in [6.07, 6.45) is 1.62. The minimum atomic E-state index is -3.31. The van der Waals surface area contributed by atoms with Gasteiger partial charge in [-0.05, 0) is 13.3 Å². The lowest BCUT2D eigenvalue weighted by atomic mass is 9.85. The van der Waals surface area contributed by atoms with Crippen LogP contribution in [0.5, 0.6) is 0 Å². The van der Waals surface area contributed by atoms with E-state index in [2.05, 4.69) is 0 Å². The van der Waals surface area contributed by atoms with Crippen molar-refractivity contribution in [1.29, 1.82) is 0 Å². The first-order valence-electron chi connectivity index (χ1n) is 6.02. The molecule has 0 bridgehead atoms. The molecule has 1 saturated heterocycles. The number of amides is 1. The van der Waals surface area contributed by atoms with Crippen LogP contribution in [0.4, 0.5) is 0 Å². The molecule has 0 spiro atoms. The van der Waals surface area contributed by atoms with Crippen molar-refractivity contribution in [2.45, 2.75) is 25.6 Å². The van der Waals surface area contributed by atoms with Crippen molar-refractivity contribution in [3.05, 3.63) is 0 Å². The van der Waals surface area contributed by atoms with Crippen molar-refractivity contribution < 1.29 is 13.2 Å². The minimum Gasteiger partial charge on any atom is -0.392 e. The third kappa shape index (κ3) is 3.41. The molecule has 2 atom stereocenters. The van der Waals surface area contributed by atoms with Gasteiger partial charge in [-0.1, -0.05) is 19.1 Å². The molecule has 1 fully saturated rings. The molecular weight excluding hydrogens is 304 g/mol. The molecule has 1 aliphatic heterocycles. The SMILES string of the molecule is CCC(C)(C(=O)N1CCSCC1S(C)(=O)=O)C(N)=S. The average Bonchev–Trinajstić information content (AvgIpc) is 2.35. The molecule has 0 radical (unpaired) electrons. The maximum atomic E-state index is 12.6. The fraction of sp³-hybridized carbons (Fsp3) is 0.818. The highest BCUT2D eigenvalue weighted by Gasteiger charge is 2.43. The van der Waals surface area contributed by atoms with Gasteiger partial charge < -0.3 is 10.6 Å². The Morgan fingerprint density at radius 1 is 1.58 bits per heavy atom. The second kappa shape index (κ2) is 5.97. The first-order chi connectivity index (χ1) is 8.64. The lowest BCUT2D eigenvalue weighted by Crippen LogP contribution is -2.56. The molecule has 19 heavy (non-hydrogen) atoms. The number of hydrogen-bond donors (Lipinski definition) is 1. The Morgan fingerprint density at radius 2 is 2.16 bits per heavy atom. The molecule has 0 aliphatic carbocycles. The van der Waals surface area contributed by atoms with Crippen LogP contribution in [0, 0.1) is 5.41 Å². The molecule has 110 valence electrons. The van der Waals surface area contributed by atoms with Gasteiger partial charge >= 0.3 is 0 Å². The van der Waals surface area contributed by atoms with Crippen molar-refractivity contribution in [1.82, 2.24) is 4.90 Å². The summed E-state index contributed by atoms with van der Waals surface area (Å²) in [5.74, 6) is 0.856. The average molecular weight is 324 g/mol. The third-order valence-electron chi connectivity index (χ3n) is 3.56. The predicted octanol–water partition coefficient (Wildman–Crippen LogP) is 0.635. The van der Waals surface area contributed by atoms with Crippen molar-refractivity contribution in [2.75, 3.05) is 24.3 Å². The van der Waals surface area contributed by atoms with Crippen LogP contribution in [0.2, 0.25) is 0 Å². The van der Waals surface area contributed by atoms with E-state index in [1.54, 1.807) is 18.7 Å². The molecule has 0 aromatic heterocycles. The number of carbonyl (C=O) groups is 1. The van der Waals surface area contributed by atoms with Crippen LogP contribution >= 0.6 is 24.0 Å². The van der Waals surface area contributed by atoms with E-state index < -0.39 is 20.6 Å². The monoisotopic (exact) mass is 324 g/mol. The smallest absolute Gasteiger partial charge is 0.236 e. The molecule has 0 aromatic carbocycles. The molecule has 8 heteroatoms. The zero-order chi connectivity index (χ0) is 14.8. The van der Waals surface area contributed by atoms with E-state index in [-0.39, 0.29) is 10.9 Å². The summed E-state index contributed by atoms with van der Waals surface area (Å²) in [5, 5.41) is -0.779. The molecule has 2 unspecified atom stereocenters. The van der Waals surface area contributed by atoms with Gasteiger partial charge in [0, 0.05) is 24.3 Å². The summed E-state index contributed by atoms with van der Waals surface area (Å²) in [7, 11) is -3.31. The maximum absolute atomic E-state index is 12.6. The zero-order valence-electron chi connectivity index (χ0n) is 11.4. The molecular formula is C11H20N2O3S3. The molecule has 1 amide bonds. The van der Waals surface area contributed by atoms with Crippen LogP contribution in [0.3, 0.4) is 0 Å². The molecule has 5 nitrogen and oxygen atoms in total. The van der Waals surface area contributed by atoms with E-state index in [4.69, 9.17) is 18.0 Å². The van der Waals surface area contributed by atoms with Gasteiger partial charge in [0.05, 0.1) is 10.4 Å². The van der Waals surface area contributed by atoms with Crippen molar-refractivity contribution >= 4 is 44.7 Å². The van der Waals surface area contributed by atoms with E-state index >= 15 is 0 Å². The molecule has 2 N–H and O–H groups in total. The number of rotatable bonds is 4. The molecule has 1 aliphatic rings. The maximum Gasteiger partial charge on any atom is 0.236 e. The summed E-state index contributed by atoms with van der Waals surface area (Å²) in [6, 6.07) is 0. The lowest BCUT2D eigenvalue weighted by molar-refractivity contribution is -0.138. The normalized spacial score (nSPS) is 23.7. The Morgan fingerprint density at radius 3 is 2.58 bits per heavy atom. The number of carbonyl (C=O) groups excluding carboxylic acids is 1. The molecule has 0 aromatic rings. The van der Waals surface area contributed by atoms with Gasteiger partial charge in [0.15, 0.2) is 9.84 Å². The van der Waals surface area contributed by atoms with Crippen LogP contribution in [-0.4, -0.2) is 53.9 Å². The van der Waals surface area contributed by atoms with Gasteiger partial charge in [0.1, 0.15) is 5.37 Å². The zero-order valence-corrected chi connectivity index (χ0v) is 13.8. The molecule has 1 rings (SSSR count). The number of hydrogen-bond acceptors (Lipinski definition) is 5. The number of thiocarbonyl (C=S) groups is 1. The van der Waals surface area contributed by atoms with Gasteiger partial charge in [-0.2, -0.15) is 11.8 Å². The highest BCUT2D eigenvalue weighted by Crippen LogP contribution is 2.29. The van der Waals surface area contributed by atoms with E-state index in [1.807, 2.05) is 6.92 Å². The van der Waals surface area contributed by atoms with Gasteiger partial charge in [0.2, 0.25) is 5.91 Å². The van der Waals surface area contributed by atoms with Crippen LogP contribution < -0.4 is 5.73 Å². The first-order valence-corrected chi connectivity index (χ1v) is 9.54. The highest BCUT2D eigenvalue weighted by molar-refractivity contribution is 8.00. The van der Waals surface area contributed by atoms with Gasteiger partial charge in [-0.3, -0.25) is 4.79 Å². The van der Waals surface area contributed by atoms with Gasteiger partial charge in [-0.15, -0.1) is 0 Å². The van der Waals surface area contributed by atoms with E-state index in [0.717, 1.165) is 12.0 Å². The summed E-state index contributed by atoms with van der Waals surface area (Å²) in [5.41, 5.74) is 4.70. The summed E-state index contributed by atoms with van der Waals surface area (Å²) in [4.78, 5) is 14.2. The number of sulfone groups is 1. The van der Waals surface area contributed by atoms with Gasteiger partial charge in [-0.25, -0.2) is 8.42 Å². The number of nitrogens with zero attached hydrogens (tertiary/aromatic N) is 1. The van der Waals surface area contributed by atoms with E-state index in [0.29, 0.717) is 18.7 Å². The lowest BCUT2D eigenvalue weighted by Gasteiger charge is -2.39. The predicted molar refractivity (Wildman–Crippen MR) is 82.9 cm³/mol. The Bertz CT molecular complexity index is 478. The first kappa shape index (κ1) is 16.7. The Hall–Kier alpha value is -0.340. The summed E-state index contributed by atoms with van der Waals surface area (Å²) < 4.78 is 23.6. The van der Waals surface area contributed by atoms with Gasteiger partial charge in [0.25, 0.3) is 0 Å². The van der Waals surface area contributed by atoms with Crippen LogP contribution in [0.15, 0.2) is 0 Å². The largest absolute Gasteiger partial charge is 0.392 e. The third-order valence-corrected chi connectivity index (χ3v) is 6.66. The Kier molecular flexibility index (Phi) is 5.25. The highest BCUT2D eigenvalue weighted by atomic mass is 32.2. The fourth-order valence-corrected chi connectivity index (χ4v) is 4.96. The summed E-state index contributed by atoms with van der Waals surface area (Å²) >= 11 is 6.52. The molecule has 1 heterocycles. The topological polar surface area (TPSA) is 80.5 Å². The van der Waals surface area contributed by atoms with Crippen LogP contribution in [0.1, 0.15) is 20.3 Å². The van der Waals surface area contributed by atoms with Crippen LogP contribution in [-0.2, 0) is 14.6 Å². The second-order valence-electron chi connectivity index (χ2n) is 4.91. The molecule has 0 saturated carbocycles. The Balaban J connectivity index is 3.11.